The molecule has 0 radical (unpaired) electrons. The third kappa shape index (κ3) is 5.32. The van der Waals surface area contributed by atoms with Gasteiger partial charge in [0.25, 0.3) is 0 Å². The minimum atomic E-state index is -0.511. The van der Waals surface area contributed by atoms with E-state index >= 15 is 0 Å². The van der Waals surface area contributed by atoms with Crippen LogP contribution in [0.1, 0.15) is 31.2 Å². The molecule has 2 N–H and O–H groups in total. The summed E-state index contributed by atoms with van der Waals surface area (Å²) in [5, 5.41) is 6.17. The Morgan fingerprint density at radius 2 is 1.86 bits per heavy atom. The molecule has 2 heterocycles. The fourth-order valence-electron chi connectivity index (χ4n) is 4.41. The molecular weight excluding hydrogens is 354 g/mol. The summed E-state index contributed by atoms with van der Waals surface area (Å²) < 4.78 is 5.31. The van der Waals surface area contributed by atoms with Crippen molar-refractivity contribution < 1.29 is 14.3 Å². The number of carbonyl (C=O) groups excluding carboxylic acids is 2. The van der Waals surface area contributed by atoms with Gasteiger partial charge >= 0.3 is 0 Å². The van der Waals surface area contributed by atoms with Crippen molar-refractivity contribution in [3.8, 4) is 0 Å². The number of carbonyl (C=O) groups is 2. The molecule has 0 spiro atoms. The van der Waals surface area contributed by atoms with Gasteiger partial charge in [-0.05, 0) is 56.7 Å². The molecule has 6 nitrogen and oxygen atoms in total. The van der Waals surface area contributed by atoms with Gasteiger partial charge in [-0.25, -0.2) is 0 Å². The fourth-order valence-corrected chi connectivity index (χ4v) is 4.41. The summed E-state index contributed by atoms with van der Waals surface area (Å²) >= 11 is 0. The molecule has 154 valence electrons. The predicted octanol–water partition coefficient (Wildman–Crippen LogP) is 1.60. The van der Waals surface area contributed by atoms with Crippen LogP contribution in [-0.4, -0.2) is 63.2 Å². The number of amides is 2. The summed E-state index contributed by atoms with van der Waals surface area (Å²) in [5.41, 5.74) is 0.855. The van der Waals surface area contributed by atoms with Gasteiger partial charge in [-0.2, -0.15) is 0 Å². The van der Waals surface area contributed by atoms with Gasteiger partial charge in [0.05, 0.1) is 18.6 Å². The molecule has 0 bridgehead atoms. The topological polar surface area (TPSA) is 70.7 Å². The maximum Gasteiger partial charge on any atom is 0.241 e. The predicted molar refractivity (Wildman–Crippen MR) is 109 cm³/mol. The van der Waals surface area contributed by atoms with Crippen molar-refractivity contribution in [3.05, 3.63) is 35.9 Å². The van der Waals surface area contributed by atoms with E-state index in [1.165, 1.54) is 5.56 Å². The van der Waals surface area contributed by atoms with Crippen LogP contribution in [0.15, 0.2) is 30.3 Å². The van der Waals surface area contributed by atoms with Crippen LogP contribution in [0.25, 0.3) is 0 Å². The van der Waals surface area contributed by atoms with E-state index in [9.17, 15) is 9.59 Å². The van der Waals surface area contributed by atoms with Gasteiger partial charge in [0.1, 0.15) is 0 Å². The SMILES string of the molecule is COCC1(C(=O)NCC(=O)N2CCC(Cc3ccccc3)CC2)CCNCC1. The number of likely N-dealkylation sites (tertiary alicyclic amines) is 1. The highest BCUT2D eigenvalue weighted by molar-refractivity contribution is 5.88. The first-order valence-corrected chi connectivity index (χ1v) is 10.4. The standard InChI is InChI=1S/C22H33N3O3/c1-28-17-22(9-11-23-12-10-22)21(27)24-16-20(26)25-13-7-19(8-14-25)15-18-5-3-2-4-6-18/h2-6,19,23H,7-17H2,1H3,(H,24,27). The average Bonchev–Trinajstić information content (AvgIpc) is 2.74. The molecule has 28 heavy (non-hydrogen) atoms. The van der Waals surface area contributed by atoms with E-state index in [0.717, 1.165) is 58.3 Å². The Morgan fingerprint density at radius 1 is 1.18 bits per heavy atom. The van der Waals surface area contributed by atoms with Crippen LogP contribution in [0.2, 0.25) is 0 Å². The summed E-state index contributed by atoms with van der Waals surface area (Å²) in [6, 6.07) is 10.5. The zero-order valence-corrected chi connectivity index (χ0v) is 16.9. The highest BCUT2D eigenvalue weighted by Crippen LogP contribution is 2.29. The number of nitrogens with one attached hydrogen (secondary N) is 2. The van der Waals surface area contributed by atoms with E-state index in [2.05, 4.69) is 34.9 Å². The molecule has 2 aliphatic heterocycles. The molecule has 1 aromatic rings. The van der Waals surface area contributed by atoms with Crippen LogP contribution >= 0.6 is 0 Å². The number of hydrogen-bond donors (Lipinski definition) is 2. The number of rotatable bonds is 7. The second kappa shape index (κ2) is 10.0. The van der Waals surface area contributed by atoms with Gasteiger partial charge in [0, 0.05) is 20.2 Å². The molecular formula is C22H33N3O3. The molecule has 2 fully saturated rings. The lowest BCUT2D eigenvalue weighted by Gasteiger charge is -2.36. The van der Waals surface area contributed by atoms with Crippen molar-refractivity contribution in [3.63, 3.8) is 0 Å². The molecule has 6 heteroatoms. The van der Waals surface area contributed by atoms with Crippen LogP contribution in [-0.2, 0) is 20.7 Å². The number of nitrogens with zero attached hydrogens (tertiary/aromatic N) is 1. The number of ether oxygens (including phenoxy) is 1. The van der Waals surface area contributed by atoms with Crippen molar-refractivity contribution >= 4 is 11.8 Å². The lowest BCUT2D eigenvalue weighted by molar-refractivity contribution is -0.140. The van der Waals surface area contributed by atoms with E-state index in [0.29, 0.717) is 12.5 Å². The van der Waals surface area contributed by atoms with Gasteiger partial charge in [0.15, 0.2) is 0 Å². The van der Waals surface area contributed by atoms with Crippen molar-refractivity contribution in [1.82, 2.24) is 15.5 Å². The molecule has 0 unspecified atom stereocenters. The second-order valence-corrected chi connectivity index (χ2v) is 8.16. The fraction of sp³-hybridized carbons (Fsp3) is 0.636. The van der Waals surface area contributed by atoms with E-state index in [1.807, 2.05) is 11.0 Å². The minimum absolute atomic E-state index is 0.0213. The third-order valence-electron chi connectivity index (χ3n) is 6.20. The van der Waals surface area contributed by atoms with Gasteiger partial charge in [-0.3, -0.25) is 9.59 Å². The maximum absolute atomic E-state index is 12.8. The molecule has 2 saturated heterocycles. The molecule has 0 aromatic heterocycles. The molecule has 0 aliphatic carbocycles. The maximum atomic E-state index is 12.8. The van der Waals surface area contributed by atoms with Crippen molar-refractivity contribution in [1.29, 1.82) is 0 Å². The van der Waals surface area contributed by atoms with Crippen LogP contribution in [0, 0.1) is 11.3 Å². The van der Waals surface area contributed by atoms with E-state index in [1.54, 1.807) is 7.11 Å². The lowest BCUT2D eigenvalue weighted by Crippen LogP contribution is -2.52. The van der Waals surface area contributed by atoms with E-state index in [4.69, 9.17) is 4.74 Å². The van der Waals surface area contributed by atoms with Gasteiger partial charge in [0.2, 0.25) is 11.8 Å². The van der Waals surface area contributed by atoms with E-state index in [-0.39, 0.29) is 18.4 Å². The minimum Gasteiger partial charge on any atom is -0.384 e. The summed E-state index contributed by atoms with van der Waals surface area (Å²) in [6.07, 6.45) is 4.60. The Balaban J connectivity index is 1.43. The van der Waals surface area contributed by atoms with Gasteiger partial charge < -0.3 is 20.3 Å². The average molecular weight is 388 g/mol. The number of benzene rings is 1. The van der Waals surface area contributed by atoms with Crippen molar-refractivity contribution in [2.75, 3.05) is 46.4 Å². The lowest BCUT2D eigenvalue weighted by atomic mass is 9.78. The van der Waals surface area contributed by atoms with E-state index < -0.39 is 5.41 Å². The third-order valence-corrected chi connectivity index (χ3v) is 6.20. The zero-order chi connectivity index (χ0) is 19.8. The Kier molecular flexibility index (Phi) is 7.45. The van der Waals surface area contributed by atoms with Gasteiger partial charge in [-0.15, -0.1) is 0 Å². The Labute approximate surface area is 168 Å². The Morgan fingerprint density at radius 3 is 2.50 bits per heavy atom. The van der Waals surface area contributed by atoms with Crippen LogP contribution in [0.3, 0.4) is 0 Å². The number of methoxy groups -OCH3 is 1. The molecule has 0 atom stereocenters. The quantitative estimate of drug-likeness (QED) is 0.746. The first kappa shape index (κ1) is 20.8. The Bertz CT molecular complexity index is 630. The monoisotopic (exact) mass is 387 g/mol. The summed E-state index contributed by atoms with van der Waals surface area (Å²) in [4.78, 5) is 27.2. The molecule has 1 aromatic carbocycles. The largest absolute Gasteiger partial charge is 0.384 e. The highest BCUT2D eigenvalue weighted by atomic mass is 16.5. The normalized spacial score (nSPS) is 20.0. The zero-order valence-electron chi connectivity index (χ0n) is 16.9. The summed E-state index contributed by atoms with van der Waals surface area (Å²) in [7, 11) is 1.63. The summed E-state index contributed by atoms with van der Waals surface area (Å²) in [6.45, 7) is 3.65. The van der Waals surface area contributed by atoms with Crippen LogP contribution in [0.4, 0.5) is 0 Å². The highest BCUT2D eigenvalue weighted by Gasteiger charge is 2.39. The number of hydrogen-bond acceptors (Lipinski definition) is 4. The first-order valence-electron chi connectivity index (χ1n) is 10.4. The second-order valence-electron chi connectivity index (χ2n) is 8.16. The van der Waals surface area contributed by atoms with Crippen LogP contribution < -0.4 is 10.6 Å². The molecule has 3 rings (SSSR count). The molecule has 2 aliphatic rings. The molecule has 0 saturated carbocycles. The first-order chi connectivity index (χ1) is 13.6. The van der Waals surface area contributed by atoms with Crippen LogP contribution in [0.5, 0.6) is 0 Å². The van der Waals surface area contributed by atoms with Crippen molar-refractivity contribution in [2.24, 2.45) is 11.3 Å². The van der Waals surface area contributed by atoms with Crippen molar-refractivity contribution in [2.45, 2.75) is 32.1 Å². The smallest absolute Gasteiger partial charge is 0.241 e. The molecule has 2 amide bonds. The summed E-state index contributed by atoms with van der Waals surface area (Å²) in [5.74, 6) is 0.594. The Hall–Kier alpha value is -1.92. The van der Waals surface area contributed by atoms with Gasteiger partial charge in [-0.1, -0.05) is 30.3 Å². The number of piperidine rings is 2.